The van der Waals surface area contributed by atoms with Crippen molar-refractivity contribution in [2.24, 2.45) is 13.0 Å². The van der Waals surface area contributed by atoms with Crippen molar-refractivity contribution in [2.45, 2.75) is 18.4 Å². The summed E-state index contributed by atoms with van der Waals surface area (Å²) in [5.41, 5.74) is 4.87. The van der Waals surface area contributed by atoms with Crippen LogP contribution in [0.4, 0.5) is 0 Å². The molecule has 6 rings (SSSR count). The lowest BCUT2D eigenvalue weighted by Crippen LogP contribution is -2.47. The first-order valence-corrected chi connectivity index (χ1v) is 10.6. The Balaban J connectivity index is 1.60. The van der Waals surface area contributed by atoms with E-state index in [9.17, 15) is 5.26 Å². The minimum absolute atomic E-state index is 0.0249. The number of hydrogen-bond donors (Lipinski definition) is 0. The van der Waals surface area contributed by atoms with Crippen molar-refractivity contribution in [2.75, 3.05) is 6.54 Å². The maximum absolute atomic E-state index is 9.39. The molecule has 160 valence electrons. The van der Waals surface area contributed by atoms with E-state index < -0.39 is 5.54 Å². The van der Waals surface area contributed by atoms with Crippen LogP contribution in [0, 0.1) is 23.8 Å². The molecule has 0 aromatic carbocycles. The fourth-order valence-electron chi connectivity index (χ4n) is 4.97. The van der Waals surface area contributed by atoms with Crippen molar-refractivity contribution in [3.8, 4) is 28.6 Å². The highest BCUT2D eigenvalue weighted by Crippen LogP contribution is 2.47. The third-order valence-electron chi connectivity index (χ3n) is 6.57. The summed E-state index contributed by atoms with van der Waals surface area (Å²) in [7, 11) is 1.88. The van der Waals surface area contributed by atoms with Gasteiger partial charge in [-0.05, 0) is 25.0 Å². The van der Waals surface area contributed by atoms with E-state index in [1.165, 1.54) is 0 Å². The normalized spacial score (nSPS) is 19.9. The zero-order valence-electron chi connectivity index (χ0n) is 17.9. The van der Waals surface area contributed by atoms with E-state index in [1.807, 2.05) is 42.3 Å². The van der Waals surface area contributed by atoms with Gasteiger partial charge in [-0.25, -0.2) is 16.1 Å². The maximum atomic E-state index is 9.39. The van der Waals surface area contributed by atoms with Crippen LogP contribution in [0.2, 0.25) is 0 Å². The van der Waals surface area contributed by atoms with Crippen LogP contribution >= 0.6 is 0 Å². The summed E-state index contributed by atoms with van der Waals surface area (Å²) >= 11 is 0. The zero-order chi connectivity index (χ0) is 22.6. The topological polar surface area (TPSA) is 94.0 Å². The molecule has 0 unspecified atom stereocenters. The lowest BCUT2D eigenvalue weighted by molar-refractivity contribution is 0.123. The Bertz CT molecular complexity index is 1600. The van der Waals surface area contributed by atoms with Crippen LogP contribution in [0.25, 0.3) is 43.8 Å². The third-order valence-corrected chi connectivity index (χ3v) is 6.57. The fraction of sp³-hybridized carbons (Fsp3) is 0.250. The van der Waals surface area contributed by atoms with Gasteiger partial charge >= 0.3 is 0 Å². The van der Waals surface area contributed by atoms with Crippen molar-refractivity contribution in [3.63, 3.8) is 0 Å². The summed E-state index contributed by atoms with van der Waals surface area (Å²) in [4.78, 5) is 13.1. The van der Waals surface area contributed by atoms with Crippen LogP contribution in [-0.2, 0) is 12.6 Å². The summed E-state index contributed by atoms with van der Waals surface area (Å²) < 4.78 is 5.75. The molecule has 9 nitrogen and oxygen atoms in total. The Labute approximate surface area is 189 Å². The van der Waals surface area contributed by atoms with Gasteiger partial charge in [0, 0.05) is 48.3 Å². The number of aryl methyl sites for hydroxylation is 1. The lowest BCUT2D eigenvalue weighted by Gasteiger charge is -2.42. The molecule has 1 saturated carbocycles. The van der Waals surface area contributed by atoms with E-state index in [2.05, 4.69) is 36.9 Å². The highest BCUT2D eigenvalue weighted by atomic mass is 15.2. The first-order chi connectivity index (χ1) is 16.1. The van der Waals surface area contributed by atoms with Crippen LogP contribution in [0.1, 0.15) is 12.8 Å². The molecule has 0 amide bonds. The van der Waals surface area contributed by atoms with E-state index in [-0.39, 0.29) is 5.92 Å². The average Bonchev–Trinajstić information content (AvgIpc) is 3.53. The van der Waals surface area contributed by atoms with E-state index in [4.69, 9.17) is 11.6 Å². The predicted octanol–water partition coefficient (Wildman–Crippen LogP) is 3.69. The van der Waals surface area contributed by atoms with Gasteiger partial charge in [0.1, 0.15) is 5.54 Å². The predicted molar refractivity (Wildman–Crippen MR) is 122 cm³/mol. The molecule has 33 heavy (non-hydrogen) atoms. The summed E-state index contributed by atoms with van der Waals surface area (Å²) in [6.45, 7) is 7.88. The second kappa shape index (κ2) is 7.01. The summed E-state index contributed by atoms with van der Waals surface area (Å²) in [5.74, 6) is -0.0249. The molecule has 0 spiro atoms. The molecule has 1 fully saturated rings. The summed E-state index contributed by atoms with van der Waals surface area (Å²) in [6.07, 6.45) is 14.4. The van der Waals surface area contributed by atoms with E-state index in [1.54, 1.807) is 23.3 Å². The van der Waals surface area contributed by atoms with Gasteiger partial charge in [0.05, 0.1) is 53.0 Å². The molecule has 5 aromatic rings. The molecular formula is C24H19N9. The highest BCUT2D eigenvalue weighted by Gasteiger charge is 2.49. The fourth-order valence-corrected chi connectivity index (χ4v) is 4.97. The smallest absolute Gasteiger partial charge is 0.237 e. The quantitative estimate of drug-likeness (QED) is 0.403. The van der Waals surface area contributed by atoms with E-state index in [0.29, 0.717) is 19.4 Å². The number of hydrogen-bond acceptors (Lipinski definition) is 5. The second-order valence-corrected chi connectivity index (χ2v) is 8.62. The lowest BCUT2D eigenvalue weighted by atomic mass is 9.68. The van der Waals surface area contributed by atoms with Gasteiger partial charge in [-0.3, -0.25) is 9.67 Å². The number of rotatable bonds is 4. The highest BCUT2D eigenvalue weighted by molar-refractivity contribution is 5.98. The number of pyridine rings is 1. The van der Waals surface area contributed by atoms with Crippen LogP contribution in [0.3, 0.4) is 0 Å². The Morgan fingerprint density at radius 3 is 2.76 bits per heavy atom. The molecule has 1 aliphatic rings. The van der Waals surface area contributed by atoms with Gasteiger partial charge in [-0.1, -0.05) is 0 Å². The molecule has 0 bridgehead atoms. The van der Waals surface area contributed by atoms with Crippen molar-refractivity contribution < 1.29 is 0 Å². The molecule has 0 saturated heterocycles. The number of nitrogens with zero attached hydrogens (tertiary/aromatic N) is 9. The molecule has 1 aliphatic carbocycles. The standard InChI is InChI=1S/C24H19N9/c1-26-15-24(7-16(8-24)9-25)32-13-19(18-11-27-5-3-21(18)32)23-22-4-6-28-33(22)14-20(30-23)17-10-29-31(2)12-17/h3-6,10-14,16H,7-8,15H2,2H3. The van der Waals surface area contributed by atoms with E-state index >= 15 is 0 Å². The first-order valence-electron chi connectivity index (χ1n) is 10.6. The van der Waals surface area contributed by atoms with Crippen molar-refractivity contribution in [3.05, 3.63) is 66.9 Å². The SMILES string of the molecule is [C-]#[N+]CC1(n2cc(-c3nc(-c4cnn(C)c4)cn4nccc34)c3cnccc32)CC(C#N)C1. The Morgan fingerprint density at radius 1 is 1.15 bits per heavy atom. The van der Waals surface area contributed by atoms with Gasteiger partial charge in [-0.15, -0.1) is 0 Å². The molecular weight excluding hydrogens is 414 g/mol. The average molecular weight is 433 g/mol. The van der Waals surface area contributed by atoms with Crippen LogP contribution in [0.15, 0.2) is 55.5 Å². The molecule has 5 aromatic heterocycles. The van der Waals surface area contributed by atoms with Crippen molar-refractivity contribution in [1.82, 2.24) is 33.9 Å². The minimum Gasteiger partial charge on any atom is -0.333 e. The Hall–Kier alpha value is -4.50. The van der Waals surface area contributed by atoms with Crippen LogP contribution in [-0.4, -0.2) is 40.5 Å². The maximum Gasteiger partial charge on any atom is 0.237 e. The first kappa shape index (κ1) is 19.2. The number of fused-ring (bicyclic) bond motifs is 2. The molecule has 0 radical (unpaired) electrons. The largest absolute Gasteiger partial charge is 0.333 e. The second-order valence-electron chi connectivity index (χ2n) is 8.62. The Morgan fingerprint density at radius 2 is 2.00 bits per heavy atom. The van der Waals surface area contributed by atoms with Gasteiger partial charge in [-0.2, -0.15) is 15.5 Å². The minimum atomic E-state index is -0.391. The Kier molecular flexibility index (Phi) is 4.08. The van der Waals surface area contributed by atoms with Crippen molar-refractivity contribution >= 4 is 16.4 Å². The molecule has 0 N–H and O–H groups in total. The van der Waals surface area contributed by atoms with Gasteiger partial charge in [0.15, 0.2) is 0 Å². The molecule has 0 aliphatic heterocycles. The summed E-state index contributed by atoms with van der Waals surface area (Å²) in [6, 6.07) is 6.28. The number of nitriles is 1. The van der Waals surface area contributed by atoms with Crippen LogP contribution < -0.4 is 0 Å². The van der Waals surface area contributed by atoms with Gasteiger partial charge in [0.2, 0.25) is 6.54 Å². The van der Waals surface area contributed by atoms with Gasteiger partial charge < -0.3 is 9.41 Å². The molecule has 0 atom stereocenters. The summed E-state index contributed by atoms with van der Waals surface area (Å²) in [5, 5.41) is 19.1. The van der Waals surface area contributed by atoms with E-state index in [0.717, 1.165) is 38.9 Å². The zero-order valence-corrected chi connectivity index (χ0v) is 17.9. The molecule has 5 heterocycles. The third kappa shape index (κ3) is 2.83. The van der Waals surface area contributed by atoms with Crippen molar-refractivity contribution in [1.29, 1.82) is 5.26 Å². The number of aromatic nitrogens is 7. The van der Waals surface area contributed by atoms with Gasteiger partial charge in [0.25, 0.3) is 0 Å². The molecule has 9 heteroatoms. The monoisotopic (exact) mass is 433 g/mol. The van der Waals surface area contributed by atoms with Crippen LogP contribution in [0.5, 0.6) is 0 Å².